The SMILES string of the molecule is Cn1ccnc1CC1CCN(C(=O)Cc2nc(-c3ccc(F)cc3F)ccc2N)C1. The summed E-state index contributed by atoms with van der Waals surface area (Å²) in [5.74, 6) is -0.0556. The molecule has 3 heterocycles. The Hall–Kier alpha value is -3.29. The molecule has 0 radical (unpaired) electrons. The molecule has 0 aliphatic carbocycles. The Morgan fingerprint density at radius 2 is 2.10 bits per heavy atom. The summed E-state index contributed by atoms with van der Waals surface area (Å²) < 4.78 is 29.3. The van der Waals surface area contributed by atoms with Crippen LogP contribution in [0.2, 0.25) is 0 Å². The largest absolute Gasteiger partial charge is 0.397 e. The molecular formula is C22H23F2N5O. The van der Waals surface area contributed by atoms with Crippen molar-refractivity contribution in [2.75, 3.05) is 18.8 Å². The predicted octanol–water partition coefficient (Wildman–Crippen LogP) is 2.98. The third-order valence-corrected chi connectivity index (χ3v) is 5.57. The van der Waals surface area contributed by atoms with Crippen LogP contribution in [0.3, 0.4) is 0 Å². The summed E-state index contributed by atoms with van der Waals surface area (Å²) in [4.78, 5) is 23.4. The van der Waals surface area contributed by atoms with E-state index in [-0.39, 0.29) is 17.9 Å². The van der Waals surface area contributed by atoms with E-state index in [0.717, 1.165) is 24.7 Å². The summed E-state index contributed by atoms with van der Waals surface area (Å²) in [6.07, 6.45) is 5.48. The molecular weight excluding hydrogens is 388 g/mol. The van der Waals surface area contributed by atoms with E-state index >= 15 is 0 Å². The van der Waals surface area contributed by atoms with Crippen molar-refractivity contribution in [3.63, 3.8) is 0 Å². The standard InChI is InChI=1S/C22H23F2N5O/c1-28-9-7-26-21(28)10-14-6-8-29(13-14)22(30)12-20-18(25)4-5-19(27-20)16-3-2-15(23)11-17(16)24/h2-5,7,9,11,14H,6,8,10,12-13,25H2,1H3. The van der Waals surface area contributed by atoms with Gasteiger partial charge >= 0.3 is 0 Å². The number of amides is 1. The van der Waals surface area contributed by atoms with E-state index in [1.54, 1.807) is 18.3 Å². The molecule has 4 rings (SSSR count). The molecule has 1 aliphatic rings. The summed E-state index contributed by atoms with van der Waals surface area (Å²) in [5, 5.41) is 0. The Balaban J connectivity index is 1.45. The molecule has 1 unspecified atom stereocenters. The lowest BCUT2D eigenvalue weighted by Crippen LogP contribution is -2.31. The molecule has 0 saturated carbocycles. The van der Waals surface area contributed by atoms with Crippen molar-refractivity contribution in [2.45, 2.75) is 19.3 Å². The molecule has 30 heavy (non-hydrogen) atoms. The number of nitrogen functional groups attached to an aromatic ring is 1. The minimum atomic E-state index is -0.707. The Kier molecular flexibility index (Phi) is 5.48. The minimum absolute atomic E-state index is 0.0393. The van der Waals surface area contributed by atoms with Crippen LogP contribution >= 0.6 is 0 Å². The first kappa shape index (κ1) is 20.0. The quantitative estimate of drug-likeness (QED) is 0.700. The highest BCUT2D eigenvalue weighted by atomic mass is 19.1. The monoisotopic (exact) mass is 411 g/mol. The number of carbonyl (C=O) groups excluding carboxylic acids is 1. The number of nitrogens with two attached hydrogens (primary N) is 1. The topological polar surface area (TPSA) is 77.0 Å². The van der Waals surface area contributed by atoms with Gasteiger partial charge in [0.2, 0.25) is 5.91 Å². The average molecular weight is 411 g/mol. The highest BCUT2D eigenvalue weighted by Gasteiger charge is 2.28. The van der Waals surface area contributed by atoms with Gasteiger partial charge in [0, 0.05) is 50.6 Å². The van der Waals surface area contributed by atoms with Gasteiger partial charge in [-0.1, -0.05) is 0 Å². The lowest BCUT2D eigenvalue weighted by Gasteiger charge is -2.17. The summed E-state index contributed by atoms with van der Waals surface area (Å²) in [6.45, 7) is 1.35. The van der Waals surface area contributed by atoms with Crippen LogP contribution in [0.25, 0.3) is 11.3 Å². The maximum absolute atomic E-state index is 14.1. The van der Waals surface area contributed by atoms with Crippen LogP contribution in [0, 0.1) is 17.6 Å². The predicted molar refractivity (Wildman–Crippen MR) is 109 cm³/mol. The number of pyridine rings is 1. The first-order valence-electron chi connectivity index (χ1n) is 9.85. The minimum Gasteiger partial charge on any atom is -0.397 e. The van der Waals surface area contributed by atoms with E-state index < -0.39 is 11.6 Å². The molecule has 156 valence electrons. The first-order chi connectivity index (χ1) is 14.4. The van der Waals surface area contributed by atoms with Crippen LogP contribution in [0.15, 0.2) is 42.7 Å². The molecule has 1 aliphatic heterocycles. The second-order valence-electron chi connectivity index (χ2n) is 7.69. The maximum Gasteiger partial charge on any atom is 0.228 e. The van der Waals surface area contributed by atoms with Crippen LogP contribution < -0.4 is 5.73 Å². The van der Waals surface area contributed by atoms with Gasteiger partial charge in [-0.3, -0.25) is 9.78 Å². The number of hydrogen-bond acceptors (Lipinski definition) is 4. The van der Waals surface area contributed by atoms with E-state index in [4.69, 9.17) is 5.73 Å². The summed E-state index contributed by atoms with van der Waals surface area (Å²) in [7, 11) is 1.96. The maximum atomic E-state index is 14.1. The number of halogens is 2. The van der Waals surface area contributed by atoms with Gasteiger partial charge in [0.05, 0.1) is 23.5 Å². The van der Waals surface area contributed by atoms with Crippen molar-refractivity contribution >= 4 is 11.6 Å². The number of anilines is 1. The zero-order chi connectivity index (χ0) is 21.3. The normalized spacial score (nSPS) is 16.2. The number of hydrogen-bond donors (Lipinski definition) is 1. The number of likely N-dealkylation sites (tertiary alicyclic amines) is 1. The highest BCUT2D eigenvalue weighted by molar-refractivity contribution is 5.80. The first-order valence-corrected chi connectivity index (χ1v) is 9.85. The van der Waals surface area contributed by atoms with Crippen molar-refractivity contribution in [1.29, 1.82) is 0 Å². The highest BCUT2D eigenvalue weighted by Crippen LogP contribution is 2.25. The van der Waals surface area contributed by atoms with Crippen molar-refractivity contribution in [2.24, 2.45) is 13.0 Å². The fourth-order valence-corrected chi connectivity index (χ4v) is 3.83. The number of benzene rings is 1. The smallest absolute Gasteiger partial charge is 0.228 e. The van der Waals surface area contributed by atoms with Gasteiger partial charge in [0.1, 0.15) is 17.5 Å². The summed E-state index contributed by atoms with van der Waals surface area (Å²) >= 11 is 0. The number of nitrogens with zero attached hydrogens (tertiary/aromatic N) is 4. The molecule has 0 bridgehead atoms. The van der Waals surface area contributed by atoms with Gasteiger partial charge in [-0.2, -0.15) is 0 Å². The summed E-state index contributed by atoms with van der Waals surface area (Å²) in [6, 6.07) is 6.48. The number of carbonyl (C=O) groups is 1. The second-order valence-corrected chi connectivity index (χ2v) is 7.69. The Labute approximate surface area is 173 Å². The molecule has 6 nitrogen and oxygen atoms in total. The lowest BCUT2D eigenvalue weighted by atomic mass is 10.0. The van der Waals surface area contributed by atoms with Crippen molar-refractivity contribution < 1.29 is 13.6 Å². The molecule has 1 amide bonds. The zero-order valence-electron chi connectivity index (χ0n) is 16.7. The van der Waals surface area contributed by atoms with Gasteiger partial charge < -0.3 is 15.2 Å². The van der Waals surface area contributed by atoms with Crippen LogP contribution in [0.4, 0.5) is 14.5 Å². The molecule has 2 N–H and O–H groups in total. The fraction of sp³-hybridized carbons (Fsp3) is 0.318. The molecule has 1 saturated heterocycles. The Bertz CT molecular complexity index is 1080. The molecule has 0 spiro atoms. The molecule has 1 aromatic carbocycles. The lowest BCUT2D eigenvalue weighted by molar-refractivity contribution is -0.129. The van der Waals surface area contributed by atoms with Crippen LogP contribution in [0.5, 0.6) is 0 Å². The van der Waals surface area contributed by atoms with Gasteiger partial charge in [-0.25, -0.2) is 13.8 Å². The van der Waals surface area contributed by atoms with Gasteiger partial charge in [0.25, 0.3) is 0 Å². The third kappa shape index (κ3) is 4.17. The molecule has 3 aromatic rings. The van der Waals surface area contributed by atoms with Crippen molar-refractivity contribution in [1.82, 2.24) is 19.4 Å². The van der Waals surface area contributed by atoms with Crippen LogP contribution in [-0.4, -0.2) is 38.4 Å². The fourth-order valence-electron chi connectivity index (χ4n) is 3.83. The number of rotatable bonds is 5. The van der Waals surface area contributed by atoms with Crippen LogP contribution in [-0.2, 0) is 24.7 Å². The Morgan fingerprint density at radius 3 is 2.83 bits per heavy atom. The van der Waals surface area contributed by atoms with E-state index in [2.05, 4.69) is 9.97 Å². The van der Waals surface area contributed by atoms with Crippen molar-refractivity contribution in [3.05, 3.63) is 65.9 Å². The average Bonchev–Trinajstić information content (AvgIpc) is 3.33. The van der Waals surface area contributed by atoms with E-state index in [9.17, 15) is 13.6 Å². The van der Waals surface area contributed by atoms with Crippen molar-refractivity contribution in [3.8, 4) is 11.3 Å². The number of imidazole rings is 1. The second kappa shape index (κ2) is 8.22. The van der Waals surface area contributed by atoms with Crippen LogP contribution in [0.1, 0.15) is 17.9 Å². The van der Waals surface area contributed by atoms with Gasteiger partial charge in [0.15, 0.2) is 0 Å². The van der Waals surface area contributed by atoms with E-state index in [1.807, 2.05) is 22.7 Å². The molecule has 8 heteroatoms. The van der Waals surface area contributed by atoms with Gasteiger partial charge in [-0.15, -0.1) is 0 Å². The Morgan fingerprint density at radius 1 is 1.27 bits per heavy atom. The summed E-state index contributed by atoms with van der Waals surface area (Å²) in [5.41, 5.74) is 7.27. The third-order valence-electron chi connectivity index (χ3n) is 5.57. The molecule has 1 fully saturated rings. The van der Waals surface area contributed by atoms with Gasteiger partial charge in [-0.05, 0) is 36.6 Å². The molecule has 1 atom stereocenters. The number of aryl methyl sites for hydroxylation is 1. The van der Waals surface area contributed by atoms with E-state index in [0.29, 0.717) is 36.1 Å². The zero-order valence-corrected chi connectivity index (χ0v) is 16.7. The van der Waals surface area contributed by atoms with E-state index in [1.165, 1.54) is 12.1 Å². The number of aromatic nitrogens is 3. The molecule has 2 aromatic heterocycles.